The van der Waals surface area contributed by atoms with E-state index in [4.69, 9.17) is 23.1 Å². The van der Waals surface area contributed by atoms with Crippen LogP contribution in [0.4, 0.5) is 5.82 Å². The van der Waals surface area contributed by atoms with E-state index in [-0.39, 0.29) is 6.61 Å². The number of aryl methyl sites for hydroxylation is 2. The third-order valence-corrected chi connectivity index (χ3v) is 2.83. The van der Waals surface area contributed by atoms with Crippen LogP contribution in [0, 0.1) is 13.8 Å². The molecule has 94 valence electrons. The fourth-order valence-corrected chi connectivity index (χ4v) is 2.14. The monoisotopic (exact) mass is 253 g/mol. The first-order valence-electron chi connectivity index (χ1n) is 5.65. The summed E-state index contributed by atoms with van der Waals surface area (Å²) in [5.41, 5.74) is 8.51. The third-order valence-electron chi connectivity index (χ3n) is 2.62. The maximum atomic E-state index is 9.06. The minimum absolute atomic E-state index is 0.0826. The fourth-order valence-electron chi connectivity index (χ4n) is 1.88. The zero-order valence-electron chi connectivity index (χ0n) is 10.5. The van der Waals surface area contributed by atoms with Crippen molar-refractivity contribution in [1.82, 2.24) is 4.98 Å². The summed E-state index contributed by atoms with van der Waals surface area (Å²) in [5, 5.41) is 9.06. The fraction of sp³-hybridized carbons (Fsp3) is 0.500. The molecule has 1 heterocycles. The number of aliphatic hydroxyl groups excluding tert-OH is 1. The highest BCUT2D eigenvalue weighted by atomic mass is 32.1. The molecule has 17 heavy (non-hydrogen) atoms. The van der Waals surface area contributed by atoms with Crippen molar-refractivity contribution >= 4 is 23.0 Å². The molecule has 0 saturated carbocycles. The van der Waals surface area contributed by atoms with Crippen LogP contribution in [-0.4, -0.2) is 34.8 Å². The van der Waals surface area contributed by atoms with E-state index in [1.165, 1.54) is 0 Å². The molecule has 0 bridgehead atoms. The van der Waals surface area contributed by atoms with Gasteiger partial charge in [-0.2, -0.15) is 0 Å². The van der Waals surface area contributed by atoms with Crippen LogP contribution in [0.2, 0.25) is 0 Å². The Morgan fingerprint density at radius 3 is 2.65 bits per heavy atom. The second kappa shape index (κ2) is 5.93. The largest absolute Gasteiger partial charge is 0.395 e. The molecule has 0 atom stereocenters. The van der Waals surface area contributed by atoms with Crippen LogP contribution in [-0.2, 0) is 0 Å². The Kier molecular flexibility index (Phi) is 4.84. The Labute approximate surface area is 107 Å². The molecule has 1 rings (SSSR count). The Morgan fingerprint density at radius 2 is 2.18 bits per heavy atom. The summed E-state index contributed by atoms with van der Waals surface area (Å²) in [6.45, 7) is 7.29. The maximum absolute atomic E-state index is 9.06. The molecule has 0 aliphatic rings. The second-order valence-electron chi connectivity index (χ2n) is 3.95. The molecule has 0 spiro atoms. The zero-order valence-corrected chi connectivity index (χ0v) is 11.3. The average molecular weight is 253 g/mol. The number of anilines is 1. The van der Waals surface area contributed by atoms with Crippen molar-refractivity contribution < 1.29 is 5.11 Å². The van der Waals surface area contributed by atoms with Gasteiger partial charge in [0.15, 0.2) is 0 Å². The van der Waals surface area contributed by atoms with Gasteiger partial charge in [-0.15, -0.1) is 0 Å². The average Bonchev–Trinajstić information content (AvgIpc) is 2.23. The van der Waals surface area contributed by atoms with Crippen molar-refractivity contribution in [2.75, 3.05) is 24.6 Å². The number of likely N-dealkylation sites (N-methyl/N-ethyl adjacent to an activating group) is 1. The van der Waals surface area contributed by atoms with E-state index < -0.39 is 0 Å². The molecule has 0 fully saturated rings. The summed E-state index contributed by atoms with van der Waals surface area (Å²) < 4.78 is 0. The van der Waals surface area contributed by atoms with E-state index in [0.717, 1.165) is 29.2 Å². The number of hydrogen-bond donors (Lipinski definition) is 2. The van der Waals surface area contributed by atoms with E-state index in [2.05, 4.69) is 4.98 Å². The standard InChI is InChI=1S/C12H19N3OS/c1-4-15(5-6-16)12-10(11(13)17)8(2)7-9(3)14-12/h7,16H,4-6H2,1-3H3,(H2,13,17). The minimum Gasteiger partial charge on any atom is -0.395 e. The van der Waals surface area contributed by atoms with Gasteiger partial charge >= 0.3 is 0 Å². The van der Waals surface area contributed by atoms with Gasteiger partial charge in [-0.25, -0.2) is 4.98 Å². The number of hydrogen-bond acceptors (Lipinski definition) is 4. The van der Waals surface area contributed by atoms with E-state index >= 15 is 0 Å². The van der Waals surface area contributed by atoms with Crippen molar-refractivity contribution in [3.8, 4) is 0 Å². The summed E-state index contributed by atoms with van der Waals surface area (Å²) in [6, 6.07) is 1.96. The summed E-state index contributed by atoms with van der Waals surface area (Å²) in [6.07, 6.45) is 0. The van der Waals surface area contributed by atoms with Crippen LogP contribution in [0.15, 0.2) is 6.07 Å². The lowest BCUT2D eigenvalue weighted by Gasteiger charge is -2.24. The van der Waals surface area contributed by atoms with Gasteiger partial charge in [0.2, 0.25) is 0 Å². The van der Waals surface area contributed by atoms with Gasteiger partial charge in [-0.05, 0) is 32.4 Å². The van der Waals surface area contributed by atoms with Crippen LogP contribution < -0.4 is 10.6 Å². The Hall–Kier alpha value is -1.20. The summed E-state index contributed by atoms with van der Waals surface area (Å²) in [4.78, 5) is 6.82. The summed E-state index contributed by atoms with van der Waals surface area (Å²) in [7, 11) is 0. The van der Waals surface area contributed by atoms with Gasteiger partial charge < -0.3 is 15.7 Å². The number of nitrogens with zero attached hydrogens (tertiary/aromatic N) is 2. The lowest BCUT2D eigenvalue weighted by Crippen LogP contribution is -2.30. The Morgan fingerprint density at radius 1 is 1.53 bits per heavy atom. The van der Waals surface area contributed by atoms with Crippen LogP contribution >= 0.6 is 12.2 Å². The molecule has 0 aliphatic heterocycles. The highest BCUT2D eigenvalue weighted by molar-refractivity contribution is 7.80. The summed E-state index contributed by atoms with van der Waals surface area (Å²) in [5.74, 6) is 0.770. The van der Waals surface area contributed by atoms with Crippen molar-refractivity contribution in [2.24, 2.45) is 5.73 Å². The number of rotatable bonds is 5. The van der Waals surface area contributed by atoms with Crippen LogP contribution in [0.3, 0.4) is 0 Å². The molecular weight excluding hydrogens is 234 g/mol. The van der Waals surface area contributed by atoms with Crippen LogP contribution in [0.5, 0.6) is 0 Å². The van der Waals surface area contributed by atoms with Crippen LogP contribution in [0.25, 0.3) is 0 Å². The van der Waals surface area contributed by atoms with E-state index in [1.54, 1.807) is 0 Å². The molecule has 5 heteroatoms. The smallest absolute Gasteiger partial charge is 0.139 e. The minimum atomic E-state index is 0.0826. The van der Waals surface area contributed by atoms with Gasteiger partial charge in [0.05, 0.1) is 12.2 Å². The van der Waals surface area contributed by atoms with Crippen molar-refractivity contribution in [2.45, 2.75) is 20.8 Å². The number of pyridine rings is 1. The molecule has 0 aliphatic carbocycles. The van der Waals surface area contributed by atoms with Crippen molar-refractivity contribution in [1.29, 1.82) is 0 Å². The normalized spacial score (nSPS) is 10.4. The van der Waals surface area contributed by atoms with E-state index in [0.29, 0.717) is 11.5 Å². The predicted molar refractivity (Wildman–Crippen MR) is 74.6 cm³/mol. The molecule has 1 aromatic heterocycles. The quantitative estimate of drug-likeness (QED) is 0.771. The lowest BCUT2D eigenvalue weighted by molar-refractivity contribution is 0.302. The Bertz CT molecular complexity index is 420. The van der Waals surface area contributed by atoms with Gasteiger partial charge in [0, 0.05) is 18.8 Å². The lowest BCUT2D eigenvalue weighted by atomic mass is 10.1. The number of aromatic nitrogens is 1. The Balaban J connectivity index is 3.32. The third kappa shape index (κ3) is 3.14. The molecular formula is C12H19N3OS. The SMILES string of the molecule is CCN(CCO)c1nc(C)cc(C)c1C(N)=S. The molecule has 3 N–H and O–H groups in total. The second-order valence-corrected chi connectivity index (χ2v) is 4.39. The molecule has 4 nitrogen and oxygen atoms in total. The maximum Gasteiger partial charge on any atom is 0.139 e. The first-order valence-corrected chi connectivity index (χ1v) is 6.06. The molecule has 0 saturated heterocycles. The van der Waals surface area contributed by atoms with E-state index in [9.17, 15) is 0 Å². The first-order chi connectivity index (χ1) is 8.01. The number of thiocarbonyl (C=S) groups is 1. The topological polar surface area (TPSA) is 62.4 Å². The van der Waals surface area contributed by atoms with Crippen molar-refractivity contribution in [3.63, 3.8) is 0 Å². The molecule has 0 amide bonds. The van der Waals surface area contributed by atoms with Crippen LogP contribution in [0.1, 0.15) is 23.7 Å². The number of aliphatic hydroxyl groups is 1. The van der Waals surface area contributed by atoms with Gasteiger partial charge in [0.1, 0.15) is 10.8 Å². The van der Waals surface area contributed by atoms with Gasteiger partial charge in [-0.3, -0.25) is 0 Å². The molecule has 1 aromatic rings. The predicted octanol–water partition coefficient (Wildman–Crippen LogP) is 1.15. The number of nitrogens with two attached hydrogens (primary N) is 1. The van der Waals surface area contributed by atoms with Crippen molar-refractivity contribution in [3.05, 3.63) is 22.9 Å². The zero-order chi connectivity index (χ0) is 13.0. The molecule has 0 radical (unpaired) electrons. The molecule has 0 aromatic carbocycles. The highest BCUT2D eigenvalue weighted by Gasteiger charge is 2.16. The molecule has 0 unspecified atom stereocenters. The van der Waals surface area contributed by atoms with Gasteiger partial charge in [0.25, 0.3) is 0 Å². The van der Waals surface area contributed by atoms with Gasteiger partial charge in [-0.1, -0.05) is 12.2 Å². The summed E-state index contributed by atoms with van der Waals surface area (Å²) >= 11 is 5.08. The highest BCUT2D eigenvalue weighted by Crippen LogP contribution is 2.22. The first kappa shape index (κ1) is 13.9. The van der Waals surface area contributed by atoms with E-state index in [1.807, 2.05) is 31.7 Å².